The van der Waals surface area contributed by atoms with Gasteiger partial charge in [-0.3, -0.25) is 14.9 Å². The monoisotopic (exact) mass is 355 g/mol. The topological polar surface area (TPSA) is 89.3 Å². The Hall–Kier alpha value is -2.61. The van der Waals surface area contributed by atoms with Crippen LogP contribution in [0.4, 0.5) is 5.13 Å². The molecule has 2 aromatic heterocycles. The van der Waals surface area contributed by atoms with Crippen LogP contribution in [-0.2, 0) is 0 Å². The molecule has 1 aliphatic carbocycles. The quantitative estimate of drug-likeness (QED) is 0.780. The number of hydrogen-bond acceptors (Lipinski definition) is 6. The first-order valence-corrected chi connectivity index (χ1v) is 9.17. The predicted molar refractivity (Wildman–Crippen MR) is 95.2 cm³/mol. The average Bonchev–Trinajstić information content (AvgIpc) is 3.07. The minimum Gasteiger partial charge on any atom is -0.296 e. The second kappa shape index (κ2) is 6.72. The number of aromatic nitrogens is 4. The Labute approximate surface area is 147 Å². The third-order valence-corrected chi connectivity index (χ3v) is 5.28. The van der Waals surface area contributed by atoms with E-state index in [0.29, 0.717) is 21.3 Å². The first-order chi connectivity index (χ1) is 12.2. The summed E-state index contributed by atoms with van der Waals surface area (Å²) >= 11 is 1.14. The van der Waals surface area contributed by atoms with Gasteiger partial charge in [-0.25, -0.2) is 0 Å². The summed E-state index contributed by atoms with van der Waals surface area (Å²) in [5, 5.41) is 15.6. The molecule has 1 aromatic carbocycles. The molecule has 1 fully saturated rings. The van der Waals surface area contributed by atoms with Crippen LogP contribution < -0.4 is 10.9 Å². The van der Waals surface area contributed by atoms with Gasteiger partial charge < -0.3 is 0 Å². The van der Waals surface area contributed by atoms with Gasteiger partial charge in [-0.1, -0.05) is 48.8 Å². The third kappa shape index (κ3) is 3.17. The van der Waals surface area contributed by atoms with E-state index in [1.807, 2.05) is 6.07 Å². The molecule has 128 valence electrons. The van der Waals surface area contributed by atoms with E-state index >= 15 is 0 Å². The van der Waals surface area contributed by atoms with Gasteiger partial charge in [0.15, 0.2) is 0 Å². The highest BCUT2D eigenvalue weighted by atomic mass is 32.1. The lowest BCUT2D eigenvalue weighted by Gasteiger charge is -2.19. The number of amides is 1. The van der Waals surface area contributed by atoms with Gasteiger partial charge in [0.2, 0.25) is 10.1 Å². The second-order valence-corrected chi connectivity index (χ2v) is 7.10. The maximum Gasteiger partial charge on any atom is 0.297 e. The first-order valence-electron chi connectivity index (χ1n) is 8.35. The fourth-order valence-electron chi connectivity index (χ4n) is 3.17. The summed E-state index contributed by atoms with van der Waals surface area (Å²) in [6, 6.07) is 8.86. The van der Waals surface area contributed by atoms with Crippen molar-refractivity contribution in [2.75, 3.05) is 5.32 Å². The first kappa shape index (κ1) is 15.9. The van der Waals surface area contributed by atoms with E-state index in [-0.39, 0.29) is 17.4 Å². The molecule has 7 nitrogen and oxygen atoms in total. The number of rotatable bonds is 3. The highest BCUT2D eigenvalue weighted by molar-refractivity contribution is 7.20. The lowest BCUT2D eigenvalue weighted by Crippen LogP contribution is -2.25. The van der Waals surface area contributed by atoms with Crippen LogP contribution in [0.2, 0.25) is 0 Å². The Morgan fingerprint density at radius 3 is 2.64 bits per heavy atom. The Morgan fingerprint density at radius 1 is 1.12 bits per heavy atom. The SMILES string of the molecule is O=C(Nc1nn2c(=O)c(C3CCCCC3)nnc2s1)c1ccccc1. The van der Waals surface area contributed by atoms with Gasteiger partial charge in [0.1, 0.15) is 5.69 Å². The molecule has 8 heteroatoms. The van der Waals surface area contributed by atoms with Crippen molar-refractivity contribution >= 4 is 27.3 Å². The number of nitrogens with one attached hydrogen (secondary N) is 1. The average molecular weight is 355 g/mol. The molecule has 0 radical (unpaired) electrons. The zero-order valence-electron chi connectivity index (χ0n) is 13.5. The predicted octanol–water partition coefficient (Wildman–Crippen LogP) is 2.85. The fourth-order valence-corrected chi connectivity index (χ4v) is 3.90. The molecule has 25 heavy (non-hydrogen) atoms. The molecule has 0 bridgehead atoms. The van der Waals surface area contributed by atoms with Crippen LogP contribution in [0.3, 0.4) is 0 Å². The van der Waals surface area contributed by atoms with E-state index in [1.165, 1.54) is 10.9 Å². The molecular weight excluding hydrogens is 338 g/mol. The summed E-state index contributed by atoms with van der Waals surface area (Å²) in [5.74, 6) is -0.108. The van der Waals surface area contributed by atoms with Gasteiger partial charge in [-0.15, -0.1) is 15.3 Å². The number of benzene rings is 1. The highest BCUT2D eigenvalue weighted by Crippen LogP contribution is 2.30. The van der Waals surface area contributed by atoms with Crippen LogP contribution >= 0.6 is 11.3 Å². The maximum atomic E-state index is 12.7. The molecule has 1 saturated carbocycles. The number of nitrogens with zero attached hydrogens (tertiary/aromatic N) is 4. The van der Waals surface area contributed by atoms with E-state index < -0.39 is 0 Å². The highest BCUT2D eigenvalue weighted by Gasteiger charge is 2.22. The summed E-state index contributed by atoms with van der Waals surface area (Å²) < 4.78 is 1.25. The lowest BCUT2D eigenvalue weighted by atomic mass is 9.87. The lowest BCUT2D eigenvalue weighted by molar-refractivity contribution is 0.102. The molecule has 1 amide bonds. The summed E-state index contributed by atoms with van der Waals surface area (Å²) in [6.45, 7) is 0. The smallest absolute Gasteiger partial charge is 0.296 e. The number of anilines is 1. The minimum absolute atomic E-state index is 0.162. The van der Waals surface area contributed by atoms with E-state index in [2.05, 4.69) is 20.6 Å². The number of carbonyl (C=O) groups is 1. The Kier molecular flexibility index (Phi) is 4.27. The summed E-state index contributed by atoms with van der Waals surface area (Å²) in [7, 11) is 0. The van der Waals surface area contributed by atoms with Gasteiger partial charge in [-0.2, -0.15) is 4.52 Å². The van der Waals surface area contributed by atoms with Crippen LogP contribution in [0.15, 0.2) is 35.1 Å². The zero-order chi connectivity index (χ0) is 17.2. The molecule has 0 aliphatic heterocycles. The van der Waals surface area contributed by atoms with Crippen molar-refractivity contribution in [3.05, 3.63) is 51.9 Å². The van der Waals surface area contributed by atoms with Crippen molar-refractivity contribution in [1.29, 1.82) is 0 Å². The van der Waals surface area contributed by atoms with Crippen molar-refractivity contribution < 1.29 is 4.79 Å². The number of hydrogen-bond donors (Lipinski definition) is 1. The summed E-state index contributed by atoms with van der Waals surface area (Å²) in [4.78, 5) is 25.3. The molecule has 0 atom stereocenters. The second-order valence-electron chi connectivity index (χ2n) is 6.15. The van der Waals surface area contributed by atoms with E-state index in [0.717, 1.165) is 37.0 Å². The van der Waals surface area contributed by atoms with Crippen LogP contribution in [0.25, 0.3) is 4.96 Å². The normalized spacial score (nSPS) is 15.4. The van der Waals surface area contributed by atoms with Crippen molar-refractivity contribution in [3.8, 4) is 0 Å². The Morgan fingerprint density at radius 2 is 1.88 bits per heavy atom. The van der Waals surface area contributed by atoms with Crippen molar-refractivity contribution in [3.63, 3.8) is 0 Å². The molecule has 0 unspecified atom stereocenters. The minimum atomic E-state index is -0.270. The van der Waals surface area contributed by atoms with Crippen molar-refractivity contribution in [1.82, 2.24) is 19.8 Å². The molecule has 1 N–H and O–H groups in total. The van der Waals surface area contributed by atoms with Crippen LogP contribution in [0.1, 0.15) is 54.1 Å². The molecule has 1 aliphatic rings. The zero-order valence-corrected chi connectivity index (χ0v) is 14.3. The van der Waals surface area contributed by atoms with Crippen molar-refractivity contribution in [2.24, 2.45) is 0 Å². The molecule has 4 rings (SSSR count). The standard InChI is InChI=1S/C17H17N5O2S/c23-14(12-9-5-2-6-10-12)18-16-21-22-15(24)13(19-20-17(22)25-16)11-7-3-1-4-8-11/h2,5-6,9-11H,1,3-4,7-8H2,(H,18,21,23). The van der Waals surface area contributed by atoms with E-state index in [1.54, 1.807) is 24.3 Å². The largest absolute Gasteiger partial charge is 0.297 e. The molecule has 0 spiro atoms. The van der Waals surface area contributed by atoms with Gasteiger partial charge >= 0.3 is 0 Å². The van der Waals surface area contributed by atoms with Crippen LogP contribution in [0.5, 0.6) is 0 Å². The Balaban J connectivity index is 1.63. The van der Waals surface area contributed by atoms with Gasteiger partial charge in [-0.05, 0) is 25.0 Å². The van der Waals surface area contributed by atoms with Crippen LogP contribution in [0, 0.1) is 0 Å². The molecule has 3 aromatic rings. The van der Waals surface area contributed by atoms with Gasteiger partial charge in [0.25, 0.3) is 11.5 Å². The number of carbonyl (C=O) groups excluding carboxylic acids is 1. The van der Waals surface area contributed by atoms with E-state index in [9.17, 15) is 9.59 Å². The Bertz CT molecular complexity index is 960. The maximum absolute atomic E-state index is 12.7. The molecule has 2 heterocycles. The van der Waals surface area contributed by atoms with Crippen molar-refractivity contribution in [2.45, 2.75) is 38.0 Å². The number of fused-ring (bicyclic) bond motifs is 1. The molecule has 0 saturated heterocycles. The van der Waals surface area contributed by atoms with Crippen LogP contribution in [-0.4, -0.2) is 25.7 Å². The van der Waals surface area contributed by atoms with Gasteiger partial charge in [0, 0.05) is 11.5 Å². The molecular formula is C17H17N5O2S. The summed E-state index contributed by atoms with van der Waals surface area (Å²) in [6.07, 6.45) is 5.38. The van der Waals surface area contributed by atoms with E-state index in [4.69, 9.17) is 0 Å². The third-order valence-electron chi connectivity index (χ3n) is 4.46. The summed E-state index contributed by atoms with van der Waals surface area (Å²) in [5.41, 5.74) is 0.792. The fraction of sp³-hybridized carbons (Fsp3) is 0.353. The van der Waals surface area contributed by atoms with Gasteiger partial charge in [0.05, 0.1) is 0 Å².